The molecule has 0 spiro atoms. The Hall–Kier alpha value is -0.600. The Morgan fingerprint density at radius 1 is 1.29 bits per heavy atom. The van der Waals surface area contributed by atoms with Gasteiger partial charge in [0.15, 0.2) is 11.5 Å². The average Bonchev–Trinajstić information content (AvgIpc) is 2.47. The van der Waals surface area contributed by atoms with Crippen molar-refractivity contribution in [3.8, 4) is 11.5 Å². The van der Waals surface area contributed by atoms with E-state index in [2.05, 4.69) is 5.32 Å². The second-order valence-electron chi connectivity index (χ2n) is 5.17. The minimum atomic E-state index is -4.30. The number of piperazine rings is 1. The lowest BCUT2D eigenvalue weighted by Gasteiger charge is -2.36. The van der Waals surface area contributed by atoms with Crippen molar-refractivity contribution < 1.29 is 23.0 Å². The molecule has 1 heterocycles. The quantitative estimate of drug-likeness (QED) is 0.791. The summed E-state index contributed by atoms with van der Waals surface area (Å²) in [5.74, 6) is -0.191. The van der Waals surface area contributed by atoms with Gasteiger partial charge >= 0.3 is 6.18 Å². The van der Waals surface area contributed by atoms with Gasteiger partial charge < -0.3 is 15.2 Å². The summed E-state index contributed by atoms with van der Waals surface area (Å²) in [5, 5.41) is 12.8. The minimum absolute atomic E-state index is 0. The molecule has 1 atom stereocenters. The number of nitrogens with one attached hydrogen (secondary N) is 1. The highest BCUT2D eigenvalue weighted by Crippen LogP contribution is 2.41. The zero-order valence-corrected chi connectivity index (χ0v) is 15.3. The lowest BCUT2D eigenvalue weighted by Crippen LogP contribution is -2.46. The molecule has 1 aliphatic heterocycles. The second kappa shape index (κ2) is 9.77. The Kier molecular flexibility index (Phi) is 9.53. The molecule has 1 aromatic carbocycles. The zero-order valence-electron chi connectivity index (χ0n) is 12.9. The Labute approximate surface area is 156 Å². The highest BCUT2D eigenvalue weighted by molar-refractivity contribution is 6.32. The fourth-order valence-electron chi connectivity index (χ4n) is 2.61. The standard InChI is InChI=1S/C14H18ClF3N2O2.2ClH/c1-22-12-7-9(6-10(15)13(12)21)11(8-14(16,17)18)20-4-2-19-3-5-20;;/h6-7,11,19,21H,2-5,8H2,1H3;2*1H/t11-;;/m0../s1. The maximum absolute atomic E-state index is 13.0. The van der Waals surface area contributed by atoms with E-state index in [4.69, 9.17) is 16.3 Å². The lowest BCUT2D eigenvalue weighted by molar-refractivity contribution is -0.148. The van der Waals surface area contributed by atoms with E-state index < -0.39 is 18.6 Å². The van der Waals surface area contributed by atoms with Gasteiger partial charge in [0.05, 0.1) is 18.6 Å². The van der Waals surface area contributed by atoms with Gasteiger partial charge in [-0.05, 0) is 17.7 Å². The largest absolute Gasteiger partial charge is 0.503 e. The van der Waals surface area contributed by atoms with E-state index in [1.54, 1.807) is 4.90 Å². The SMILES string of the molecule is COc1cc([C@H](CC(F)(F)F)N2CCNCC2)cc(Cl)c1O.Cl.Cl. The third kappa shape index (κ3) is 6.04. The summed E-state index contributed by atoms with van der Waals surface area (Å²) < 4.78 is 43.8. The normalized spacial score (nSPS) is 16.7. The molecular formula is C14H20Cl3F3N2O2. The molecule has 140 valence electrons. The van der Waals surface area contributed by atoms with Crippen LogP contribution in [0.2, 0.25) is 5.02 Å². The molecule has 0 saturated carbocycles. The molecule has 4 nitrogen and oxygen atoms in total. The fraction of sp³-hybridized carbons (Fsp3) is 0.571. The molecule has 1 aliphatic rings. The predicted molar refractivity (Wildman–Crippen MR) is 92.0 cm³/mol. The number of benzene rings is 1. The Morgan fingerprint density at radius 3 is 2.38 bits per heavy atom. The minimum Gasteiger partial charge on any atom is -0.503 e. The van der Waals surface area contributed by atoms with Gasteiger partial charge in [0, 0.05) is 32.2 Å². The predicted octanol–water partition coefficient (Wildman–Crippen LogP) is 3.80. The number of ether oxygens (including phenoxy) is 1. The summed E-state index contributed by atoms with van der Waals surface area (Å²) in [6.07, 6.45) is -5.27. The number of hydrogen-bond donors (Lipinski definition) is 2. The first kappa shape index (κ1) is 23.4. The summed E-state index contributed by atoms with van der Waals surface area (Å²) in [7, 11) is 1.33. The molecule has 0 aromatic heterocycles. The number of rotatable bonds is 4. The van der Waals surface area contributed by atoms with Crippen LogP contribution in [-0.4, -0.2) is 49.5 Å². The summed E-state index contributed by atoms with van der Waals surface area (Å²) in [6, 6.07) is 1.94. The molecule has 1 fully saturated rings. The molecule has 2 rings (SSSR count). The van der Waals surface area contributed by atoms with Crippen molar-refractivity contribution >= 4 is 36.4 Å². The zero-order chi connectivity index (χ0) is 16.3. The van der Waals surface area contributed by atoms with Crippen molar-refractivity contribution in [1.29, 1.82) is 0 Å². The molecule has 0 radical (unpaired) electrons. The van der Waals surface area contributed by atoms with Gasteiger partial charge in [-0.15, -0.1) is 24.8 Å². The first-order valence-corrected chi connectivity index (χ1v) is 7.27. The first-order chi connectivity index (χ1) is 10.3. The van der Waals surface area contributed by atoms with Crippen molar-refractivity contribution in [3.63, 3.8) is 0 Å². The number of methoxy groups -OCH3 is 1. The van der Waals surface area contributed by atoms with Gasteiger partial charge in [-0.25, -0.2) is 0 Å². The molecule has 0 aliphatic carbocycles. The smallest absolute Gasteiger partial charge is 0.390 e. The second-order valence-corrected chi connectivity index (χ2v) is 5.58. The van der Waals surface area contributed by atoms with Crippen molar-refractivity contribution in [3.05, 3.63) is 22.7 Å². The highest BCUT2D eigenvalue weighted by atomic mass is 35.5. The number of hydrogen-bond acceptors (Lipinski definition) is 4. The molecule has 24 heavy (non-hydrogen) atoms. The third-order valence-electron chi connectivity index (χ3n) is 3.67. The lowest BCUT2D eigenvalue weighted by atomic mass is 10.00. The summed E-state index contributed by atoms with van der Waals surface area (Å²) >= 11 is 5.91. The van der Waals surface area contributed by atoms with Crippen LogP contribution in [0.3, 0.4) is 0 Å². The van der Waals surface area contributed by atoms with Crippen LogP contribution in [0, 0.1) is 0 Å². The van der Waals surface area contributed by atoms with Gasteiger partial charge in [0.2, 0.25) is 0 Å². The summed E-state index contributed by atoms with van der Waals surface area (Å²) in [4.78, 5) is 1.77. The van der Waals surface area contributed by atoms with E-state index in [0.717, 1.165) is 0 Å². The number of nitrogens with zero attached hydrogens (tertiary/aromatic N) is 1. The molecule has 1 saturated heterocycles. The van der Waals surface area contributed by atoms with Crippen LogP contribution in [0.25, 0.3) is 0 Å². The third-order valence-corrected chi connectivity index (χ3v) is 3.96. The van der Waals surface area contributed by atoms with E-state index >= 15 is 0 Å². The van der Waals surface area contributed by atoms with Gasteiger partial charge in [0.25, 0.3) is 0 Å². The number of halogens is 6. The first-order valence-electron chi connectivity index (χ1n) is 6.89. The van der Waals surface area contributed by atoms with E-state index in [1.165, 1.54) is 19.2 Å². The topological polar surface area (TPSA) is 44.7 Å². The van der Waals surface area contributed by atoms with E-state index in [0.29, 0.717) is 31.7 Å². The van der Waals surface area contributed by atoms with Gasteiger partial charge in [-0.2, -0.15) is 13.2 Å². The maximum atomic E-state index is 13.0. The van der Waals surface area contributed by atoms with Crippen LogP contribution in [0.5, 0.6) is 11.5 Å². The van der Waals surface area contributed by atoms with Gasteiger partial charge in [-0.1, -0.05) is 11.6 Å². The van der Waals surface area contributed by atoms with Crippen molar-refractivity contribution in [1.82, 2.24) is 10.2 Å². The van der Waals surface area contributed by atoms with Crippen molar-refractivity contribution in [2.24, 2.45) is 0 Å². The van der Waals surface area contributed by atoms with Gasteiger partial charge in [0.1, 0.15) is 0 Å². The van der Waals surface area contributed by atoms with Crippen molar-refractivity contribution in [2.45, 2.75) is 18.6 Å². The van der Waals surface area contributed by atoms with Crippen LogP contribution in [0.1, 0.15) is 18.0 Å². The molecule has 1 aromatic rings. The van der Waals surface area contributed by atoms with E-state index in [-0.39, 0.29) is 41.3 Å². The maximum Gasteiger partial charge on any atom is 0.390 e. The molecule has 0 unspecified atom stereocenters. The van der Waals surface area contributed by atoms with Crippen molar-refractivity contribution in [2.75, 3.05) is 33.3 Å². The molecular weight excluding hydrogens is 392 g/mol. The van der Waals surface area contributed by atoms with Crippen LogP contribution in [0.4, 0.5) is 13.2 Å². The Balaban J connectivity index is 0.00000264. The molecule has 0 amide bonds. The average molecular weight is 412 g/mol. The number of phenolic OH excluding ortho intramolecular Hbond substituents is 1. The number of alkyl halides is 3. The van der Waals surface area contributed by atoms with Crippen LogP contribution in [0.15, 0.2) is 12.1 Å². The number of phenols is 1. The van der Waals surface area contributed by atoms with Crippen LogP contribution >= 0.6 is 36.4 Å². The summed E-state index contributed by atoms with van der Waals surface area (Å²) in [5.41, 5.74) is 0.388. The van der Waals surface area contributed by atoms with E-state index in [1.807, 2.05) is 0 Å². The van der Waals surface area contributed by atoms with Gasteiger partial charge in [-0.3, -0.25) is 4.90 Å². The van der Waals surface area contributed by atoms with Crippen LogP contribution in [-0.2, 0) is 0 Å². The molecule has 10 heteroatoms. The molecule has 0 bridgehead atoms. The monoisotopic (exact) mass is 410 g/mol. The highest BCUT2D eigenvalue weighted by Gasteiger charge is 2.36. The summed E-state index contributed by atoms with van der Waals surface area (Å²) in [6.45, 7) is 2.30. The Morgan fingerprint density at radius 2 is 1.88 bits per heavy atom. The molecule has 2 N–H and O–H groups in total. The van der Waals surface area contributed by atoms with E-state index in [9.17, 15) is 18.3 Å². The number of aromatic hydroxyl groups is 1. The Bertz CT molecular complexity index is 527. The fourth-order valence-corrected chi connectivity index (χ4v) is 2.83. The van der Waals surface area contributed by atoms with Crippen LogP contribution < -0.4 is 10.1 Å².